The smallest absolute Gasteiger partial charge is 0.0154 e. The summed E-state index contributed by atoms with van der Waals surface area (Å²) in [7, 11) is 0. The molecule has 0 aromatic heterocycles. The second-order valence-electron chi connectivity index (χ2n) is 5.45. The van der Waals surface area contributed by atoms with E-state index < -0.39 is 0 Å². The van der Waals surface area contributed by atoms with Crippen LogP contribution in [0, 0.1) is 5.92 Å². The minimum atomic E-state index is 0.735. The molecule has 2 atom stereocenters. The van der Waals surface area contributed by atoms with Crippen molar-refractivity contribution in [1.82, 2.24) is 0 Å². The minimum Gasteiger partial charge on any atom is -0.175 e. The fraction of sp³-hybridized carbons (Fsp3) is 0.600. The summed E-state index contributed by atoms with van der Waals surface area (Å²) in [4.78, 5) is 0. The monoisotopic (exact) mass is 234 g/mol. The van der Waals surface area contributed by atoms with Crippen LogP contribution in [0.3, 0.4) is 0 Å². The highest BCUT2D eigenvalue weighted by Crippen LogP contribution is 2.42. The summed E-state index contributed by atoms with van der Waals surface area (Å²) < 4.78 is 0. The predicted octanol–water partition coefficient (Wildman–Crippen LogP) is 4.75. The highest BCUT2D eigenvalue weighted by atomic mass is 32.1. The van der Waals surface area contributed by atoms with Gasteiger partial charge < -0.3 is 0 Å². The van der Waals surface area contributed by atoms with Crippen LogP contribution in [0.5, 0.6) is 0 Å². The quantitative estimate of drug-likeness (QED) is 0.701. The van der Waals surface area contributed by atoms with Gasteiger partial charge >= 0.3 is 0 Å². The first-order valence-electron chi connectivity index (χ1n) is 6.37. The first-order chi connectivity index (χ1) is 7.63. The summed E-state index contributed by atoms with van der Waals surface area (Å²) in [6.07, 6.45) is 2.69. The Hall–Kier alpha value is -0.430. The molecule has 0 saturated heterocycles. The van der Waals surface area contributed by atoms with Crippen LogP contribution in [-0.2, 0) is 5.75 Å². The lowest BCUT2D eigenvalue weighted by Crippen LogP contribution is -2.17. The molecule has 0 radical (unpaired) electrons. The van der Waals surface area contributed by atoms with Crippen LogP contribution in [0.4, 0.5) is 0 Å². The van der Waals surface area contributed by atoms with E-state index in [-0.39, 0.29) is 0 Å². The number of benzene rings is 1. The molecule has 0 bridgehead atoms. The fourth-order valence-corrected chi connectivity index (χ4v) is 3.12. The van der Waals surface area contributed by atoms with Gasteiger partial charge in [-0.25, -0.2) is 0 Å². The molecule has 0 saturated carbocycles. The normalized spacial score (nSPS) is 24.6. The van der Waals surface area contributed by atoms with Crippen LogP contribution in [-0.4, -0.2) is 0 Å². The van der Waals surface area contributed by atoms with E-state index in [1.165, 1.54) is 18.4 Å². The summed E-state index contributed by atoms with van der Waals surface area (Å²) in [5, 5.41) is 0. The molecule has 0 fully saturated rings. The third-order valence-corrected chi connectivity index (χ3v) is 4.34. The van der Waals surface area contributed by atoms with Gasteiger partial charge in [-0.3, -0.25) is 0 Å². The van der Waals surface area contributed by atoms with Gasteiger partial charge in [0.15, 0.2) is 0 Å². The van der Waals surface area contributed by atoms with Gasteiger partial charge in [-0.05, 0) is 47.3 Å². The van der Waals surface area contributed by atoms with E-state index in [1.807, 2.05) is 0 Å². The van der Waals surface area contributed by atoms with Crippen molar-refractivity contribution >= 4 is 12.6 Å². The third-order valence-electron chi connectivity index (χ3n) is 3.98. The highest BCUT2D eigenvalue weighted by molar-refractivity contribution is 7.79. The number of thiol groups is 1. The van der Waals surface area contributed by atoms with Crippen LogP contribution < -0.4 is 0 Å². The fourth-order valence-electron chi connectivity index (χ4n) is 2.93. The van der Waals surface area contributed by atoms with Crippen molar-refractivity contribution in [1.29, 1.82) is 0 Å². The molecule has 1 aliphatic carbocycles. The average Bonchev–Trinajstić information content (AvgIpc) is 2.28. The Morgan fingerprint density at radius 3 is 2.62 bits per heavy atom. The van der Waals surface area contributed by atoms with Gasteiger partial charge in [0.25, 0.3) is 0 Å². The zero-order valence-corrected chi connectivity index (χ0v) is 11.4. The highest BCUT2D eigenvalue weighted by Gasteiger charge is 2.26. The maximum Gasteiger partial charge on any atom is 0.0154 e. The van der Waals surface area contributed by atoms with Crippen molar-refractivity contribution < 1.29 is 0 Å². The van der Waals surface area contributed by atoms with Crippen molar-refractivity contribution in [2.24, 2.45) is 5.92 Å². The standard InChI is InChI=1S/C15H22S/c1-10(2)13-6-4-11(3)14-7-5-12(9-16)8-15(13)14/h5,7-8,10-11,13,16H,4,6,9H2,1-3H3/t11-,13+/m0/s1. The van der Waals surface area contributed by atoms with Gasteiger partial charge in [-0.15, -0.1) is 0 Å². The van der Waals surface area contributed by atoms with Crippen LogP contribution in [0.25, 0.3) is 0 Å². The van der Waals surface area contributed by atoms with Gasteiger partial charge in [-0.1, -0.05) is 39.0 Å². The van der Waals surface area contributed by atoms with E-state index in [9.17, 15) is 0 Å². The van der Waals surface area contributed by atoms with Crippen LogP contribution >= 0.6 is 12.6 Å². The molecule has 88 valence electrons. The molecule has 0 amide bonds. The SMILES string of the molecule is CC(C)[C@H]1CC[C@H](C)c2ccc(CS)cc21. The third kappa shape index (κ3) is 2.15. The van der Waals surface area contributed by atoms with Crippen molar-refractivity contribution in [3.8, 4) is 0 Å². The predicted molar refractivity (Wildman–Crippen MR) is 74.4 cm³/mol. The molecule has 1 aromatic carbocycles. The zero-order chi connectivity index (χ0) is 11.7. The Kier molecular flexibility index (Phi) is 3.63. The van der Waals surface area contributed by atoms with Gasteiger partial charge in [0, 0.05) is 5.75 Å². The topological polar surface area (TPSA) is 0 Å². The molecular weight excluding hydrogens is 212 g/mol. The van der Waals surface area contributed by atoms with Crippen molar-refractivity contribution in [2.75, 3.05) is 0 Å². The Balaban J connectivity index is 2.45. The van der Waals surface area contributed by atoms with E-state index >= 15 is 0 Å². The molecular formula is C15H22S. The Labute approximate surface area is 105 Å². The van der Waals surface area contributed by atoms with Gasteiger partial charge in [0.1, 0.15) is 0 Å². The van der Waals surface area contributed by atoms with E-state index in [2.05, 4.69) is 51.6 Å². The Morgan fingerprint density at radius 2 is 2.00 bits per heavy atom. The number of fused-ring (bicyclic) bond motifs is 1. The molecule has 2 rings (SSSR count). The maximum absolute atomic E-state index is 4.38. The van der Waals surface area contributed by atoms with E-state index in [1.54, 1.807) is 11.1 Å². The van der Waals surface area contributed by atoms with E-state index in [4.69, 9.17) is 0 Å². The van der Waals surface area contributed by atoms with Crippen molar-refractivity contribution in [2.45, 2.75) is 51.2 Å². The second kappa shape index (κ2) is 4.83. The Bertz CT molecular complexity index is 368. The van der Waals surface area contributed by atoms with Gasteiger partial charge in [0.05, 0.1) is 0 Å². The minimum absolute atomic E-state index is 0.735. The largest absolute Gasteiger partial charge is 0.175 e. The summed E-state index contributed by atoms with van der Waals surface area (Å²) in [6, 6.07) is 6.97. The number of rotatable bonds is 2. The van der Waals surface area contributed by atoms with Crippen molar-refractivity contribution in [3.05, 3.63) is 34.9 Å². The maximum atomic E-state index is 4.38. The van der Waals surface area contributed by atoms with E-state index in [0.717, 1.165) is 23.5 Å². The molecule has 16 heavy (non-hydrogen) atoms. The van der Waals surface area contributed by atoms with Crippen LogP contribution in [0.1, 0.15) is 62.1 Å². The van der Waals surface area contributed by atoms with Crippen LogP contribution in [0.2, 0.25) is 0 Å². The lowest BCUT2D eigenvalue weighted by molar-refractivity contribution is 0.410. The summed E-state index contributed by atoms with van der Waals surface area (Å²) in [5.41, 5.74) is 4.54. The van der Waals surface area contributed by atoms with Gasteiger partial charge in [-0.2, -0.15) is 12.6 Å². The lowest BCUT2D eigenvalue weighted by atomic mass is 9.73. The number of hydrogen-bond acceptors (Lipinski definition) is 1. The summed E-state index contributed by atoms with van der Waals surface area (Å²) in [6.45, 7) is 7.05. The molecule has 1 aliphatic rings. The van der Waals surface area contributed by atoms with E-state index in [0.29, 0.717) is 0 Å². The first-order valence-corrected chi connectivity index (χ1v) is 7.00. The molecule has 0 nitrogen and oxygen atoms in total. The van der Waals surface area contributed by atoms with Crippen LogP contribution in [0.15, 0.2) is 18.2 Å². The van der Waals surface area contributed by atoms with Gasteiger partial charge in [0.2, 0.25) is 0 Å². The number of hydrogen-bond donors (Lipinski definition) is 1. The molecule has 1 heteroatoms. The molecule has 0 N–H and O–H groups in total. The zero-order valence-electron chi connectivity index (χ0n) is 10.5. The molecule has 0 heterocycles. The molecule has 0 spiro atoms. The lowest BCUT2D eigenvalue weighted by Gasteiger charge is -2.32. The molecule has 0 aliphatic heterocycles. The first kappa shape index (κ1) is 12.0. The van der Waals surface area contributed by atoms with Crippen molar-refractivity contribution in [3.63, 3.8) is 0 Å². The second-order valence-corrected chi connectivity index (χ2v) is 5.77. The average molecular weight is 234 g/mol. The summed E-state index contributed by atoms with van der Waals surface area (Å²) in [5.74, 6) is 3.10. The summed E-state index contributed by atoms with van der Waals surface area (Å²) >= 11 is 4.38. The molecule has 1 aromatic rings. The molecule has 0 unspecified atom stereocenters. The Morgan fingerprint density at radius 1 is 1.25 bits per heavy atom.